The van der Waals surface area contributed by atoms with Crippen molar-refractivity contribution < 1.29 is 0 Å². The Balaban J connectivity index is 2.83. The molecule has 2 aromatic rings. The average Bonchev–Trinajstić information content (AvgIpc) is 2.47. The van der Waals surface area contributed by atoms with Crippen molar-refractivity contribution in [2.24, 2.45) is 0 Å². The number of hydrogen-bond acceptors (Lipinski definition) is 4. The van der Waals surface area contributed by atoms with Crippen LogP contribution in [-0.2, 0) is 6.42 Å². The van der Waals surface area contributed by atoms with Crippen molar-refractivity contribution in [1.82, 2.24) is 9.97 Å². The van der Waals surface area contributed by atoms with E-state index in [4.69, 9.17) is 5.73 Å². The summed E-state index contributed by atoms with van der Waals surface area (Å²) in [5, 5.41) is 0. The largest absolute Gasteiger partial charge is 0.369 e. The molecule has 0 fully saturated rings. The zero-order chi connectivity index (χ0) is 9.42. The molecule has 0 bridgehead atoms. The molecule has 0 atom stereocenters. The number of fused-ring (bicyclic) bond motifs is 1. The molecule has 5 heteroatoms. The lowest BCUT2D eigenvalue weighted by Gasteiger charge is -1.90. The fourth-order valence-electron chi connectivity index (χ4n) is 1.18. The number of H-pyrrole nitrogens is 1. The summed E-state index contributed by atoms with van der Waals surface area (Å²) in [5.41, 5.74) is 5.96. The molecule has 0 aliphatic heterocycles. The van der Waals surface area contributed by atoms with Crippen LogP contribution in [0.15, 0.2) is 10.9 Å². The Morgan fingerprint density at radius 1 is 1.69 bits per heavy atom. The normalized spacial score (nSPS) is 10.8. The van der Waals surface area contributed by atoms with Crippen LogP contribution in [0.5, 0.6) is 0 Å². The van der Waals surface area contributed by atoms with E-state index in [0.29, 0.717) is 10.2 Å². The molecule has 0 aliphatic rings. The predicted molar refractivity (Wildman–Crippen MR) is 54.0 cm³/mol. The van der Waals surface area contributed by atoms with Crippen LogP contribution >= 0.6 is 11.3 Å². The summed E-state index contributed by atoms with van der Waals surface area (Å²) in [6.07, 6.45) is 0.917. The Morgan fingerprint density at radius 2 is 2.46 bits per heavy atom. The first-order valence-electron chi connectivity index (χ1n) is 3.99. The van der Waals surface area contributed by atoms with Crippen LogP contribution in [0.2, 0.25) is 0 Å². The van der Waals surface area contributed by atoms with Gasteiger partial charge in [-0.25, -0.2) is 4.98 Å². The van der Waals surface area contributed by atoms with Crippen molar-refractivity contribution >= 4 is 27.5 Å². The zero-order valence-corrected chi connectivity index (χ0v) is 7.94. The number of rotatable bonds is 1. The van der Waals surface area contributed by atoms with Gasteiger partial charge in [-0.15, -0.1) is 11.3 Å². The number of nitrogen functional groups attached to an aromatic ring is 1. The molecule has 68 valence electrons. The molecule has 4 nitrogen and oxygen atoms in total. The first kappa shape index (κ1) is 8.25. The second-order valence-corrected chi connectivity index (χ2v) is 3.87. The van der Waals surface area contributed by atoms with Gasteiger partial charge in [-0.2, -0.15) is 0 Å². The van der Waals surface area contributed by atoms with Gasteiger partial charge in [-0.05, 0) is 12.5 Å². The molecule has 2 rings (SSSR count). The highest BCUT2D eigenvalue weighted by Crippen LogP contribution is 2.21. The van der Waals surface area contributed by atoms with Crippen LogP contribution in [-0.4, -0.2) is 9.97 Å². The van der Waals surface area contributed by atoms with Crippen molar-refractivity contribution in [2.75, 3.05) is 5.73 Å². The standard InChI is InChI=1S/C8H9N3OS/c1-2-4-3-5-6(13-4)7(12)11-8(9)10-5/h3H,2H2,1H3,(H3,9,10,11,12). The second-order valence-electron chi connectivity index (χ2n) is 2.73. The molecule has 0 aliphatic carbocycles. The van der Waals surface area contributed by atoms with E-state index in [1.165, 1.54) is 11.3 Å². The molecule has 0 amide bonds. The highest BCUT2D eigenvalue weighted by molar-refractivity contribution is 7.18. The van der Waals surface area contributed by atoms with E-state index in [1.807, 2.05) is 13.0 Å². The summed E-state index contributed by atoms with van der Waals surface area (Å²) >= 11 is 1.47. The Bertz CT molecular complexity index is 500. The van der Waals surface area contributed by atoms with Gasteiger partial charge in [0.05, 0.1) is 5.52 Å². The van der Waals surface area contributed by atoms with Crippen LogP contribution in [0.4, 0.5) is 5.95 Å². The van der Waals surface area contributed by atoms with E-state index >= 15 is 0 Å². The summed E-state index contributed by atoms with van der Waals surface area (Å²) in [6.45, 7) is 2.04. The summed E-state index contributed by atoms with van der Waals surface area (Å²) in [6, 6.07) is 1.91. The predicted octanol–water partition coefficient (Wildman–Crippen LogP) is 1.13. The van der Waals surface area contributed by atoms with Crippen LogP contribution in [0.3, 0.4) is 0 Å². The van der Waals surface area contributed by atoms with Crippen molar-refractivity contribution in [2.45, 2.75) is 13.3 Å². The number of anilines is 1. The third-order valence-electron chi connectivity index (χ3n) is 1.80. The van der Waals surface area contributed by atoms with E-state index in [0.717, 1.165) is 11.3 Å². The van der Waals surface area contributed by atoms with Gasteiger partial charge in [-0.1, -0.05) is 6.92 Å². The molecule has 0 saturated heterocycles. The van der Waals surface area contributed by atoms with Crippen LogP contribution in [0.25, 0.3) is 10.2 Å². The van der Waals surface area contributed by atoms with Crippen molar-refractivity contribution in [3.63, 3.8) is 0 Å². The second kappa shape index (κ2) is 2.85. The number of thiophene rings is 1. The Morgan fingerprint density at radius 3 is 3.15 bits per heavy atom. The number of nitrogens with zero attached hydrogens (tertiary/aromatic N) is 1. The highest BCUT2D eigenvalue weighted by atomic mass is 32.1. The van der Waals surface area contributed by atoms with E-state index in [2.05, 4.69) is 9.97 Å². The minimum atomic E-state index is -0.146. The molecule has 0 unspecified atom stereocenters. The average molecular weight is 195 g/mol. The molecule has 2 aromatic heterocycles. The van der Waals surface area contributed by atoms with E-state index in [-0.39, 0.29) is 11.5 Å². The number of aromatic nitrogens is 2. The van der Waals surface area contributed by atoms with Gasteiger partial charge in [0.15, 0.2) is 0 Å². The number of aromatic amines is 1. The van der Waals surface area contributed by atoms with Crippen LogP contribution in [0, 0.1) is 0 Å². The lowest BCUT2D eigenvalue weighted by molar-refractivity contribution is 1.18. The van der Waals surface area contributed by atoms with Gasteiger partial charge >= 0.3 is 0 Å². The smallest absolute Gasteiger partial charge is 0.270 e. The Labute approximate surface area is 78.4 Å². The SMILES string of the molecule is CCc1cc2nc(N)[nH]c(=O)c2s1. The van der Waals surface area contributed by atoms with Gasteiger partial charge in [-0.3, -0.25) is 9.78 Å². The maximum atomic E-state index is 11.4. The summed E-state index contributed by atoms with van der Waals surface area (Å²) in [7, 11) is 0. The first-order valence-corrected chi connectivity index (χ1v) is 4.80. The lowest BCUT2D eigenvalue weighted by atomic mass is 10.3. The third kappa shape index (κ3) is 1.31. The molecular weight excluding hydrogens is 186 g/mol. The number of aryl methyl sites for hydroxylation is 1. The summed E-state index contributed by atoms with van der Waals surface area (Å²) < 4.78 is 0.658. The molecule has 0 aromatic carbocycles. The highest BCUT2D eigenvalue weighted by Gasteiger charge is 2.05. The minimum absolute atomic E-state index is 0.146. The van der Waals surface area contributed by atoms with E-state index < -0.39 is 0 Å². The van der Waals surface area contributed by atoms with E-state index in [9.17, 15) is 4.79 Å². The molecule has 0 radical (unpaired) electrons. The lowest BCUT2D eigenvalue weighted by Crippen LogP contribution is -2.09. The van der Waals surface area contributed by atoms with Gasteiger partial charge in [0, 0.05) is 4.88 Å². The Kier molecular flexibility index (Phi) is 1.81. The number of hydrogen-bond donors (Lipinski definition) is 2. The van der Waals surface area contributed by atoms with Gasteiger partial charge in [0.1, 0.15) is 4.70 Å². The minimum Gasteiger partial charge on any atom is -0.369 e. The molecule has 0 spiro atoms. The summed E-state index contributed by atoms with van der Waals surface area (Å²) in [5.74, 6) is 0.179. The molecular formula is C8H9N3OS. The number of nitrogens with two attached hydrogens (primary N) is 1. The quantitative estimate of drug-likeness (QED) is 0.716. The molecule has 0 saturated carbocycles. The topological polar surface area (TPSA) is 71.8 Å². The monoisotopic (exact) mass is 195 g/mol. The first-order chi connectivity index (χ1) is 6.20. The molecule has 2 heterocycles. The third-order valence-corrected chi connectivity index (χ3v) is 3.07. The maximum Gasteiger partial charge on any atom is 0.270 e. The molecule has 3 N–H and O–H groups in total. The van der Waals surface area contributed by atoms with Gasteiger partial charge < -0.3 is 5.73 Å². The maximum absolute atomic E-state index is 11.4. The van der Waals surface area contributed by atoms with Crippen LogP contribution < -0.4 is 11.3 Å². The van der Waals surface area contributed by atoms with Gasteiger partial charge in [0.25, 0.3) is 5.56 Å². The Hall–Kier alpha value is -1.36. The molecule has 13 heavy (non-hydrogen) atoms. The van der Waals surface area contributed by atoms with E-state index in [1.54, 1.807) is 0 Å². The van der Waals surface area contributed by atoms with Crippen molar-refractivity contribution in [1.29, 1.82) is 0 Å². The number of nitrogens with one attached hydrogen (secondary N) is 1. The van der Waals surface area contributed by atoms with Crippen molar-refractivity contribution in [3.8, 4) is 0 Å². The van der Waals surface area contributed by atoms with Gasteiger partial charge in [0.2, 0.25) is 5.95 Å². The summed E-state index contributed by atoms with van der Waals surface area (Å²) in [4.78, 5) is 19.0. The zero-order valence-electron chi connectivity index (χ0n) is 7.13. The fraction of sp³-hybridized carbons (Fsp3) is 0.250. The van der Waals surface area contributed by atoms with Crippen molar-refractivity contribution in [3.05, 3.63) is 21.3 Å². The fourth-order valence-corrected chi connectivity index (χ4v) is 2.11. The van der Waals surface area contributed by atoms with Crippen LogP contribution in [0.1, 0.15) is 11.8 Å².